The minimum Gasteiger partial charge on any atom is -0.306 e. The van der Waals surface area contributed by atoms with Gasteiger partial charge in [0.1, 0.15) is 5.82 Å². The van der Waals surface area contributed by atoms with Gasteiger partial charge in [0.05, 0.1) is 4.90 Å². The summed E-state index contributed by atoms with van der Waals surface area (Å²) < 4.78 is 29.7. The van der Waals surface area contributed by atoms with E-state index in [2.05, 4.69) is 14.8 Å². The van der Waals surface area contributed by atoms with E-state index in [1.54, 1.807) is 23.9 Å². The molecule has 1 aliphatic rings. The number of thioether (sulfide) groups is 1. The van der Waals surface area contributed by atoms with E-state index < -0.39 is 10.0 Å². The van der Waals surface area contributed by atoms with Crippen LogP contribution in [0, 0.1) is 0 Å². The molecule has 0 amide bonds. The van der Waals surface area contributed by atoms with Crippen molar-refractivity contribution in [1.29, 1.82) is 0 Å². The van der Waals surface area contributed by atoms with E-state index in [4.69, 9.17) is 0 Å². The van der Waals surface area contributed by atoms with Crippen LogP contribution in [0.2, 0.25) is 0 Å². The predicted octanol–water partition coefficient (Wildman–Crippen LogP) is 2.79. The third kappa shape index (κ3) is 3.95. The topological polar surface area (TPSA) is 85.2 Å². The minimum atomic E-state index is -3.60. The lowest BCUT2D eigenvalue weighted by Crippen LogP contribution is -2.39. The van der Waals surface area contributed by atoms with E-state index in [-0.39, 0.29) is 16.6 Å². The van der Waals surface area contributed by atoms with Crippen molar-refractivity contribution in [3.8, 4) is 0 Å². The standard InChI is InChI=1S/C18H24N4O3S2/c1-4-22-17(19-20-18(22)26-3)15-6-5-11-21(12-15)27(24,25)16-9-7-14(8-10-16)13(2)23/h7-10,15H,4-6,11-12H2,1-3H3/t15-/m0/s1. The van der Waals surface area contributed by atoms with Crippen molar-refractivity contribution in [3.05, 3.63) is 35.7 Å². The summed E-state index contributed by atoms with van der Waals surface area (Å²) in [6.45, 7) is 5.15. The first-order valence-electron chi connectivity index (χ1n) is 8.96. The molecule has 1 aliphatic heterocycles. The molecular weight excluding hydrogens is 384 g/mol. The molecule has 0 aliphatic carbocycles. The Morgan fingerprint density at radius 1 is 1.26 bits per heavy atom. The van der Waals surface area contributed by atoms with Crippen LogP contribution in [-0.2, 0) is 16.6 Å². The van der Waals surface area contributed by atoms with Gasteiger partial charge in [-0.2, -0.15) is 4.31 Å². The van der Waals surface area contributed by atoms with Crippen molar-refractivity contribution in [2.24, 2.45) is 0 Å². The van der Waals surface area contributed by atoms with Crippen LogP contribution in [0.3, 0.4) is 0 Å². The molecule has 7 nitrogen and oxygen atoms in total. The zero-order valence-corrected chi connectivity index (χ0v) is 17.4. The molecule has 3 rings (SSSR count). The number of aromatic nitrogens is 3. The van der Waals surface area contributed by atoms with Crippen molar-refractivity contribution < 1.29 is 13.2 Å². The zero-order chi connectivity index (χ0) is 19.6. The second-order valence-corrected chi connectivity index (χ2v) is 9.28. The number of hydrogen-bond acceptors (Lipinski definition) is 6. The molecular formula is C18H24N4O3S2. The fraction of sp³-hybridized carbons (Fsp3) is 0.500. The molecule has 2 aromatic rings. The molecule has 0 unspecified atom stereocenters. The van der Waals surface area contributed by atoms with Gasteiger partial charge in [0.2, 0.25) is 10.0 Å². The third-order valence-corrected chi connectivity index (χ3v) is 7.44. The quantitative estimate of drug-likeness (QED) is 0.540. The molecule has 1 aromatic heterocycles. The molecule has 0 radical (unpaired) electrons. The highest BCUT2D eigenvalue weighted by Gasteiger charge is 2.33. The van der Waals surface area contributed by atoms with Gasteiger partial charge < -0.3 is 4.57 Å². The lowest BCUT2D eigenvalue weighted by molar-refractivity contribution is 0.101. The summed E-state index contributed by atoms with van der Waals surface area (Å²) in [6, 6.07) is 6.15. The van der Waals surface area contributed by atoms with Crippen LogP contribution in [0.25, 0.3) is 0 Å². The van der Waals surface area contributed by atoms with Crippen molar-refractivity contribution >= 4 is 27.6 Å². The Balaban J connectivity index is 1.85. The van der Waals surface area contributed by atoms with Gasteiger partial charge in [0.15, 0.2) is 10.9 Å². The summed E-state index contributed by atoms with van der Waals surface area (Å²) in [6.07, 6.45) is 3.63. The number of benzene rings is 1. The molecule has 2 heterocycles. The summed E-state index contributed by atoms with van der Waals surface area (Å²) in [5.41, 5.74) is 0.506. The number of ketones is 1. The fourth-order valence-corrected chi connectivity index (χ4v) is 5.52. The summed E-state index contributed by atoms with van der Waals surface area (Å²) in [5, 5.41) is 9.42. The first-order valence-corrected chi connectivity index (χ1v) is 11.6. The summed E-state index contributed by atoms with van der Waals surface area (Å²) in [5.74, 6) is 0.799. The molecule has 0 N–H and O–H groups in total. The zero-order valence-electron chi connectivity index (χ0n) is 15.8. The van der Waals surface area contributed by atoms with Crippen LogP contribution in [0.4, 0.5) is 0 Å². The maximum atomic E-state index is 13.1. The van der Waals surface area contributed by atoms with Gasteiger partial charge in [-0.3, -0.25) is 4.79 Å². The molecule has 1 atom stereocenters. The molecule has 0 saturated carbocycles. The van der Waals surface area contributed by atoms with E-state index >= 15 is 0 Å². The van der Waals surface area contributed by atoms with Crippen molar-refractivity contribution in [3.63, 3.8) is 0 Å². The molecule has 1 fully saturated rings. The van der Waals surface area contributed by atoms with Crippen LogP contribution in [-0.4, -0.2) is 52.6 Å². The smallest absolute Gasteiger partial charge is 0.243 e. The second-order valence-electron chi connectivity index (χ2n) is 6.57. The van der Waals surface area contributed by atoms with Gasteiger partial charge in [-0.1, -0.05) is 23.9 Å². The largest absolute Gasteiger partial charge is 0.306 e. The molecule has 1 aromatic carbocycles. The summed E-state index contributed by atoms with van der Waals surface area (Å²) in [7, 11) is -3.60. The predicted molar refractivity (Wildman–Crippen MR) is 105 cm³/mol. The first kappa shape index (κ1) is 20.0. The van der Waals surface area contributed by atoms with Gasteiger partial charge >= 0.3 is 0 Å². The van der Waals surface area contributed by atoms with E-state index in [1.165, 1.54) is 23.4 Å². The van der Waals surface area contributed by atoms with Gasteiger partial charge in [0.25, 0.3) is 0 Å². The van der Waals surface area contributed by atoms with Gasteiger partial charge in [0, 0.05) is 31.1 Å². The number of piperidine rings is 1. The van der Waals surface area contributed by atoms with E-state index in [0.717, 1.165) is 30.4 Å². The minimum absolute atomic E-state index is 0.0263. The van der Waals surface area contributed by atoms with Crippen molar-refractivity contribution in [2.45, 2.75) is 49.2 Å². The number of Topliss-reactive ketones (excluding diaryl/α,β-unsaturated/α-hetero) is 1. The number of carbonyl (C=O) groups is 1. The van der Waals surface area contributed by atoms with Gasteiger partial charge in [-0.05, 0) is 45.1 Å². The Kier molecular flexibility index (Phi) is 6.02. The van der Waals surface area contributed by atoms with E-state index in [0.29, 0.717) is 18.7 Å². The number of carbonyl (C=O) groups excluding carboxylic acids is 1. The third-order valence-electron chi connectivity index (χ3n) is 4.89. The maximum absolute atomic E-state index is 13.1. The highest BCUT2D eigenvalue weighted by Crippen LogP contribution is 2.31. The van der Waals surface area contributed by atoms with E-state index in [1.807, 2.05) is 13.2 Å². The van der Waals surface area contributed by atoms with Crippen molar-refractivity contribution in [1.82, 2.24) is 19.1 Å². The SMILES string of the molecule is CCn1c(SC)nnc1[C@H]1CCCN(S(=O)(=O)c2ccc(C(C)=O)cc2)C1. The average Bonchev–Trinajstić information content (AvgIpc) is 3.11. The number of rotatable bonds is 6. The fourth-order valence-electron chi connectivity index (χ4n) is 3.43. The van der Waals surface area contributed by atoms with Crippen molar-refractivity contribution in [2.75, 3.05) is 19.3 Å². The van der Waals surface area contributed by atoms with Crippen LogP contribution in [0.1, 0.15) is 48.8 Å². The lowest BCUT2D eigenvalue weighted by Gasteiger charge is -2.31. The normalized spacial score (nSPS) is 18.6. The summed E-state index contributed by atoms with van der Waals surface area (Å²) in [4.78, 5) is 11.6. The molecule has 0 spiro atoms. The molecule has 9 heteroatoms. The van der Waals surface area contributed by atoms with Crippen LogP contribution >= 0.6 is 11.8 Å². The molecule has 0 bridgehead atoms. The highest BCUT2D eigenvalue weighted by molar-refractivity contribution is 7.98. The second kappa shape index (κ2) is 8.12. The number of hydrogen-bond donors (Lipinski definition) is 0. The maximum Gasteiger partial charge on any atom is 0.243 e. The van der Waals surface area contributed by atoms with Gasteiger partial charge in [-0.15, -0.1) is 10.2 Å². The average molecular weight is 409 g/mol. The highest BCUT2D eigenvalue weighted by atomic mass is 32.2. The first-order chi connectivity index (χ1) is 12.9. The van der Waals surface area contributed by atoms with E-state index in [9.17, 15) is 13.2 Å². The lowest BCUT2D eigenvalue weighted by atomic mass is 9.99. The Bertz CT molecular complexity index is 923. The number of nitrogens with zero attached hydrogens (tertiary/aromatic N) is 4. The molecule has 146 valence electrons. The molecule has 27 heavy (non-hydrogen) atoms. The molecule has 1 saturated heterocycles. The number of sulfonamides is 1. The van der Waals surface area contributed by atoms with Crippen LogP contribution in [0.15, 0.2) is 34.3 Å². The monoisotopic (exact) mass is 408 g/mol. The summed E-state index contributed by atoms with van der Waals surface area (Å²) >= 11 is 1.54. The Morgan fingerprint density at radius 2 is 1.96 bits per heavy atom. The van der Waals surface area contributed by atoms with Crippen LogP contribution in [0.5, 0.6) is 0 Å². The van der Waals surface area contributed by atoms with Crippen LogP contribution < -0.4 is 0 Å². The Hall–Kier alpha value is -1.71. The van der Waals surface area contributed by atoms with Gasteiger partial charge in [-0.25, -0.2) is 8.42 Å². The Morgan fingerprint density at radius 3 is 2.56 bits per heavy atom. The Labute approximate surface area is 164 Å².